The Hall–Kier alpha value is -1.06. The maximum Gasteiger partial charge on any atom is 0.243 e. The molecule has 0 atom stereocenters. The number of benzene rings is 1. The van der Waals surface area contributed by atoms with Crippen molar-refractivity contribution in [3.63, 3.8) is 0 Å². The second kappa shape index (κ2) is 9.92. The zero-order valence-corrected chi connectivity index (χ0v) is 12.3. The van der Waals surface area contributed by atoms with Gasteiger partial charge in [0.1, 0.15) is 12.6 Å². The largest absolute Gasteiger partial charge is 0.361 e. The zero-order chi connectivity index (χ0) is 14.0. The lowest BCUT2D eigenvalue weighted by molar-refractivity contribution is -0.117. The van der Waals surface area contributed by atoms with E-state index in [1.807, 2.05) is 52.0 Å². The van der Waals surface area contributed by atoms with Crippen LogP contribution in [0.1, 0.15) is 26.3 Å². The number of aryl methyl sites for hydroxylation is 1. The van der Waals surface area contributed by atoms with Crippen molar-refractivity contribution in [3.8, 4) is 0 Å². The molecule has 0 aliphatic carbocycles. The summed E-state index contributed by atoms with van der Waals surface area (Å²) in [6.45, 7) is 8.65. The normalized spacial score (nSPS) is 9.39. The molecule has 18 heavy (non-hydrogen) atoms. The molecule has 0 fully saturated rings. The van der Waals surface area contributed by atoms with Gasteiger partial charge in [0.15, 0.2) is 0 Å². The third kappa shape index (κ3) is 5.07. The topological polar surface area (TPSA) is 29.5 Å². The number of ether oxygens (including phenoxy) is 1. The maximum atomic E-state index is 11.7. The first-order valence-corrected chi connectivity index (χ1v) is 6.73. The van der Waals surface area contributed by atoms with Gasteiger partial charge >= 0.3 is 0 Å². The van der Waals surface area contributed by atoms with Crippen LogP contribution in [-0.4, -0.2) is 25.1 Å². The van der Waals surface area contributed by atoms with E-state index in [0.29, 0.717) is 6.61 Å². The fourth-order valence-corrected chi connectivity index (χ4v) is 1.54. The fourth-order valence-electron chi connectivity index (χ4n) is 1.40. The molecule has 1 amide bonds. The Balaban J connectivity index is 0.00000137. The van der Waals surface area contributed by atoms with E-state index >= 15 is 0 Å². The van der Waals surface area contributed by atoms with Gasteiger partial charge in [0.2, 0.25) is 5.91 Å². The number of carbonyl (C=O) groups is 1. The Bertz CT molecular complexity index is 355. The first-order chi connectivity index (χ1) is 8.70. The van der Waals surface area contributed by atoms with E-state index in [2.05, 4.69) is 0 Å². The van der Waals surface area contributed by atoms with Gasteiger partial charge in [-0.15, -0.1) is 11.6 Å². The van der Waals surface area contributed by atoms with Crippen LogP contribution in [0.2, 0.25) is 0 Å². The molecule has 0 unspecified atom stereocenters. The van der Waals surface area contributed by atoms with Crippen molar-refractivity contribution < 1.29 is 9.53 Å². The molecule has 1 aromatic rings. The van der Waals surface area contributed by atoms with Crippen LogP contribution in [0.25, 0.3) is 0 Å². The van der Waals surface area contributed by atoms with Crippen LogP contribution in [0.4, 0.5) is 5.69 Å². The Labute approximate surface area is 115 Å². The number of anilines is 1. The van der Waals surface area contributed by atoms with Crippen LogP contribution < -0.4 is 4.90 Å². The van der Waals surface area contributed by atoms with Gasteiger partial charge in [-0.2, -0.15) is 0 Å². The molecule has 0 aromatic heterocycles. The van der Waals surface area contributed by atoms with Crippen LogP contribution in [0.3, 0.4) is 0 Å². The summed E-state index contributed by atoms with van der Waals surface area (Å²) in [7, 11) is 0. The van der Waals surface area contributed by atoms with E-state index in [0.717, 1.165) is 11.3 Å². The van der Waals surface area contributed by atoms with E-state index in [1.165, 1.54) is 0 Å². The summed E-state index contributed by atoms with van der Waals surface area (Å²) in [5, 5.41) is 0. The summed E-state index contributed by atoms with van der Waals surface area (Å²) < 4.78 is 5.27. The highest BCUT2D eigenvalue weighted by atomic mass is 35.5. The fraction of sp³-hybridized carbons (Fsp3) is 0.500. The third-order valence-electron chi connectivity index (χ3n) is 2.25. The van der Waals surface area contributed by atoms with Crippen LogP contribution in [-0.2, 0) is 9.53 Å². The molecule has 0 spiro atoms. The number of amides is 1. The minimum Gasteiger partial charge on any atom is -0.361 e. The molecule has 0 bridgehead atoms. The number of rotatable bonds is 5. The average molecular weight is 272 g/mol. The molecular weight excluding hydrogens is 250 g/mol. The standard InChI is InChI=1S/C12H16ClNO2.C2H6/c1-3-16-9-14(12(15)8-13)11-7-5-4-6-10(11)2;1-2/h4-7H,3,8-9H2,1-2H3;1-2H3. The van der Waals surface area contributed by atoms with Crippen LogP contribution in [0.15, 0.2) is 24.3 Å². The molecule has 0 aliphatic heterocycles. The molecule has 0 radical (unpaired) electrons. The summed E-state index contributed by atoms with van der Waals surface area (Å²) in [6.07, 6.45) is 0. The van der Waals surface area contributed by atoms with E-state index in [4.69, 9.17) is 16.3 Å². The first-order valence-electron chi connectivity index (χ1n) is 6.20. The molecule has 4 heteroatoms. The van der Waals surface area contributed by atoms with E-state index < -0.39 is 0 Å². The quantitative estimate of drug-likeness (QED) is 0.605. The number of halogens is 1. The minimum absolute atomic E-state index is 0.0403. The second-order valence-corrected chi connectivity index (χ2v) is 3.63. The first kappa shape index (κ1) is 16.9. The maximum absolute atomic E-state index is 11.7. The number of carbonyl (C=O) groups excluding carboxylic acids is 1. The Kier molecular flexibility index (Phi) is 9.33. The van der Waals surface area contributed by atoms with Crippen LogP contribution in [0, 0.1) is 6.92 Å². The molecule has 1 aromatic carbocycles. The molecular formula is C14H22ClNO2. The van der Waals surface area contributed by atoms with Crippen molar-refractivity contribution in [3.05, 3.63) is 29.8 Å². The van der Waals surface area contributed by atoms with Gasteiger partial charge in [-0.05, 0) is 25.5 Å². The minimum atomic E-state index is -0.149. The zero-order valence-electron chi connectivity index (χ0n) is 11.6. The van der Waals surface area contributed by atoms with Crippen molar-refractivity contribution in [2.24, 2.45) is 0 Å². The summed E-state index contributed by atoms with van der Waals surface area (Å²) in [5.41, 5.74) is 1.88. The highest BCUT2D eigenvalue weighted by Crippen LogP contribution is 2.19. The van der Waals surface area contributed by atoms with E-state index in [-0.39, 0.29) is 18.5 Å². The molecule has 1 rings (SSSR count). The Morgan fingerprint density at radius 1 is 1.33 bits per heavy atom. The number of hydrogen-bond donors (Lipinski definition) is 0. The van der Waals surface area contributed by atoms with Gasteiger partial charge in [-0.1, -0.05) is 32.0 Å². The average Bonchev–Trinajstić information content (AvgIpc) is 2.43. The molecule has 0 heterocycles. The van der Waals surface area contributed by atoms with Gasteiger partial charge in [-0.25, -0.2) is 0 Å². The van der Waals surface area contributed by atoms with Crippen molar-refractivity contribution >= 4 is 23.2 Å². The number of alkyl halides is 1. The lowest BCUT2D eigenvalue weighted by Crippen LogP contribution is -2.34. The Morgan fingerprint density at radius 3 is 2.44 bits per heavy atom. The van der Waals surface area contributed by atoms with Crippen molar-refractivity contribution in [1.29, 1.82) is 0 Å². The van der Waals surface area contributed by atoms with Gasteiger partial charge in [0, 0.05) is 12.3 Å². The van der Waals surface area contributed by atoms with Crippen LogP contribution >= 0.6 is 11.6 Å². The van der Waals surface area contributed by atoms with Crippen molar-refractivity contribution in [1.82, 2.24) is 0 Å². The van der Waals surface area contributed by atoms with Gasteiger partial charge < -0.3 is 4.74 Å². The predicted octanol–water partition coefficient (Wildman–Crippen LogP) is 3.59. The monoisotopic (exact) mass is 271 g/mol. The number of para-hydroxylation sites is 1. The summed E-state index contributed by atoms with van der Waals surface area (Å²) >= 11 is 5.58. The third-order valence-corrected chi connectivity index (χ3v) is 2.47. The molecule has 3 nitrogen and oxygen atoms in total. The van der Waals surface area contributed by atoms with E-state index in [9.17, 15) is 4.79 Å². The summed E-state index contributed by atoms with van der Waals surface area (Å²) in [5.74, 6) is -0.189. The van der Waals surface area contributed by atoms with Gasteiger partial charge in [0.05, 0.1) is 0 Å². The molecule has 102 valence electrons. The molecule has 0 saturated heterocycles. The number of nitrogens with zero attached hydrogens (tertiary/aromatic N) is 1. The van der Waals surface area contributed by atoms with Crippen molar-refractivity contribution in [2.75, 3.05) is 24.1 Å². The molecule has 0 saturated carbocycles. The Morgan fingerprint density at radius 2 is 1.94 bits per heavy atom. The lowest BCUT2D eigenvalue weighted by atomic mass is 10.2. The summed E-state index contributed by atoms with van der Waals surface area (Å²) in [6, 6.07) is 7.67. The predicted molar refractivity (Wildman–Crippen MR) is 77.2 cm³/mol. The summed E-state index contributed by atoms with van der Waals surface area (Å²) in [4.78, 5) is 13.2. The van der Waals surface area contributed by atoms with Crippen LogP contribution in [0.5, 0.6) is 0 Å². The van der Waals surface area contributed by atoms with Gasteiger partial charge in [-0.3, -0.25) is 9.69 Å². The van der Waals surface area contributed by atoms with Crippen molar-refractivity contribution in [2.45, 2.75) is 27.7 Å². The molecule has 0 aliphatic rings. The SMILES string of the molecule is CC.CCOCN(C(=O)CCl)c1ccccc1C. The highest BCUT2D eigenvalue weighted by Gasteiger charge is 2.15. The van der Waals surface area contributed by atoms with Gasteiger partial charge in [0.25, 0.3) is 0 Å². The van der Waals surface area contributed by atoms with E-state index in [1.54, 1.807) is 4.90 Å². The highest BCUT2D eigenvalue weighted by molar-refractivity contribution is 6.29. The smallest absolute Gasteiger partial charge is 0.243 e. The lowest BCUT2D eigenvalue weighted by Gasteiger charge is -2.23. The number of hydrogen-bond acceptors (Lipinski definition) is 2. The second-order valence-electron chi connectivity index (χ2n) is 3.36. The molecule has 0 N–H and O–H groups in total.